The zero-order chi connectivity index (χ0) is 14.8. The lowest BCUT2D eigenvalue weighted by Gasteiger charge is -2.47. The highest BCUT2D eigenvalue weighted by Gasteiger charge is 2.48. The minimum Gasteiger partial charge on any atom is -0.415 e. The van der Waals surface area contributed by atoms with Gasteiger partial charge in [-0.15, -0.1) is 0 Å². The van der Waals surface area contributed by atoms with Crippen LogP contribution < -0.4 is 5.32 Å². The molecule has 1 amide bonds. The Hall–Kier alpha value is -0.396. The van der Waals surface area contributed by atoms with Crippen molar-refractivity contribution in [2.24, 2.45) is 0 Å². The van der Waals surface area contributed by atoms with Crippen LogP contribution in [-0.4, -0.2) is 33.5 Å². The number of amides is 1. The van der Waals surface area contributed by atoms with Gasteiger partial charge in [0.05, 0.1) is 19.7 Å². The van der Waals surface area contributed by atoms with E-state index >= 15 is 0 Å². The molecule has 0 aliphatic carbocycles. The molecule has 1 saturated heterocycles. The van der Waals surface area contributed by atoms with Gasteiger partial charge in [-0.2, -0.15) is 0 Å². The molecule has 0 aromatic heterocycles. The molecule has 0 spiro atoms. The van der Waals surface area contributed by atoms with Crippen molar-refractivity contribution in [1.29, 1.82) is 0 Å². The van der Waals surface area contributed by atoms with E-state index in [9.17, 15) is 4.79 Å². The first-order valence-corrected chi connectivity index (χ1v) is 14.4. The van der Waals surface area contributed by atoms with Gasteiger partial charge in [-0.3, -0.25) is 4.79 Å². The van der Waals surface area contributed by atoms with Crippen molar-refractivity contribution in [3.63, 3.8) is 0 Å². The van der Waals surface area contributed by atoms with Crippen LogP contribution in [0.4, 0.5) is 0 Å². The van der Waals surface area contributed by atoms with E-state index in [1.54, 1.807) is 6.92 Å². The van der Waals surface area contributed by atoms with Gasteiger partial charge in [0.25, 0.3) is 0 Å². The van der Waals surface area contributed by atoms with Gasteiger partial charge in [0.15, 0.2) is 7.83 Å². The highest BCUT2D eigenvalue weighted by molar-refractivity contribution is 7.38. The van der Waals surface area contributed by atoms with Gasteiger partial charge >= 0.3 is 0 Å². The molecular formula is C14H29NO2Si2. The molecule has 2 unspecified atom stereocenters. The molecule has 2 atom stereocenters. The fourth-order valence-corrected chi connectivity index (χ4v) is 9.05. The van der Waals surface area contributed by atoms with Crippen LogP contribution in [0.5, 0.6) is 0 Å². The Balaban J connectivity index is 2.74. The molecule has 0 saturated carbocycles. The molecule has 1 aliphatic rings. The summed E-state index contributed by atoms with van der Waals surface area (Å²) in [6, 6.07) is 1.44. The Morgan fingerprint density at radius 2 is 2.00 bits per heavy atom. The third-order valence-electron chi connectivity index (χ3n) is 4.72. The zero-order valence-electron chi connectivity index (χ0n) is 13.3. The summed E-state index contributed by atoms with van der Waals surface area (Å²) in [5.74, 6) is -0.0444. The van der Waals surface area contributed by atoms with Gasteiger partial charge in [-0.05, 0) is 32.9 Å². The van der Waals surface area contributed by atoms with Gasteiger partial charge in [0.2, 0.25) is 5.91 Å². The molecular weight excluding hydrogens is 270 g/mol. The summed E-state index contributed by atoms with van der Waals surface area (Å²) in [5, 5.41) is 3.08. The Kier molecular flexibility index (Phi) is 5.20. The van der Waals surface area contributed by atoms with Crippen molar-refractivity contribution in [2.45, 2.75) is 71.1 Å². The second-order valence-corrected chi connectivity index (χ2v) is 22.1. The number of carbonyl (C=O) groups is 1. The first-order valence-electron chi connectivity index (χ1n) is 7.25. The number of hydrogen-bond acceptors (Lipinski definition) is 2. The SMILES string of the molecule is C=C(C)C(=O)NC(CC)C1CC[Si](C)(C)[Si](C)(C)O1. The molecule has 110 valence electrons. The van der Waals surface area contributed by atoms with E-state index in [0.717, 1.165) is 12.8 Å². The highest BCUT2D eigenvalue weighted by atomic mass is 29.3. The third-order valence-corrected chi connectivity index (χ3v) is 21.3. The number of hydrogen-bond donors (Lipinski definition) is 1. The highest BCUT2D eigenvalue weighted by Crippen LogP contribution is 2.34. The maximum atomic E-state index is 11.8. The van der Waals surface area contributed by atoms with E-state index in [-0.39, 0.29) is 18.1 Å². The summed E-state index contributed by atoms with van der Waals surface area (Å²) in [5.41, 5.74) is 0.570. The summed E-state index contributed by atoms with van der Waals surface area (Å²) in [6.45, 7) is 17.1. The van der Waals surface area contributed by atoms with E-state index in [4.69, 9.17) is 4.43 Å². The van der Waals surface area contributed by atoms with Gasteiger partial charge in [-0.25, -0.2) is 0 Å². The number of nitrogens with one attached hydrogen (secondary N) is 1. The lowest BCUT2D eigenvalue weighted by atomic mass is 10.1. The second-order valence-electron chi connectivity index (χ2n) is 6.86. The normalized spacial score (nSPS) is 26.5. The van der Waals surface area contributed by atoms with Crippen molar-refractivity contribution < 1.29 is 9.22 Å². The number of rotatable bonds is 4. The lowest BCUT2D eigenvalue weighted by molar-refractivity contribution is -0.118. The van der Waals surface area contributed by atoms with Crippen LogP contribution in [0.25, 0.3) is 0 Å². The van der Waals surface area contributed by atoms with Gasteiger partial charge in [0, 0.05) is 5.57 Å². The molecule has 0 bridgehead atoms. The molecule has 1 aliphatic heterocycles. The molecule has 0 radical (unpaired) electrons. The smallest absolute Gasteiger partial charge is 0.246 e. The maximum absolute atomic E-state index is 11.8. The Morgan fingerprint density at radius 1 is 1.42 bits per heavy atom. The van der Waals surface area contributed by atoms with Crippen LogP contribution >= 0.6 is 0 Å². The van der Waals surface area contributed by atoms with E-state index in [1.165, 1.54) is 6.04 Å². The Bertz CT molecular complexity index is 366. The van der Waals surface area contributed by atoms with Crippen LogP contribution in [0.2, 0.25) is 32.2 Å². The molecule has 0 aromatic rings. The molecule has 5 heteroatoms. The van der Waals surface area contributed by atoms with E-state index in [0.29, 0.717) is 5.57 Å². The fraction of sp³-hybridized carbons (Fsp3) is 0.786. The fourth-order valence-electron chi connectivity index (χ4n) is 2.43. The quantitative estimate of drug-likeness (QED) is 0.639. The second kappa shape index (κ2) is 5.93. The molecule has 1 rings (SSSR count). The van der Waals surface area contributed by atoms with Crippen molar-refractivity contribution in [1.82, 2.24) is 5.32 Å². The summed E-state index contributed by atoms with van der Waals surface area (Å²) in [4.78, 5) is 11.8. The molecule has 1 fully saturated rings. The summed E-state index contributed by atoms with van der Waals surface area (Å²) in [7, 11) is -2.77. The third kappa shape index (κ3) is 3.80. The number of carbonyl (C=O) groups excluding carboxylic acids is 1. The molecule has 0 aromatic carbocycles. The van der Waals surface area contributed by atoms with Crippen molar-refractivity contribution in [3.05, 3.63) is 12.2 Å². The minimum absolute atomic E-state index is 0.0444. The summed E-state index contributed by atoms with van der Waals surface area (Å²) in [6.07, 6.45) is 2.19. The molecule has 19 heavy (non-hydrogen) atoms. The average Bonchev–Trinajstić information content (AvgIpc) is 2.29. The van der Waals surface area contributed by atoms with E-state index in [2.05, 4.69) is 45.0 Å². The van der Waals surface area contributed by atoms with Crippen LogP contribution in [0, 0.1) is 0 Å². The molecule has 1 N–H and O–H groups in total. The van der Waals surface area contributed by atoms with Crippen molar-refractivity contribution >= 4 is 21.3 Å². The first-order chi connectivity index (χ1) is 8.60. The van der Waals surface area contributed by atoms with Gasteiger partial charge < -0.3 is 9.74 Å². The minimum atomic E-state index is -1.57. The Labute approximate surface area is 119 Å². The first kappa shape index (κ1) is 16.7. The van der Waals surface area contributed by atoms with E-state index in [1.807, 2.05) is 0 Å². The van der Waals surface area contributed by atoms with Gasteiger partial charge in [-0.1, -0.05) is 32.6 Å². The van der Waals surface area contributed by atoms with Crippen LogP contribution in [0.15, 0.2) is 12.2 Å². The van der Waals surface area contributed by atoms with Gasteiger partial charge in [0.1, 0.15) is 0 Å². The van der Waals surface area contributed by atoms with Crippen molar-refractivity contribution in [2.75, 3.05) is 0 Å². The summed E-state index contributed by atoms with van der Waals surface area (Å²) >= 11 is 0. The molecule has 3 nitrogen and oxygen atoms in total. The summed E-state index contributed by atoms with van der Waals surface area (Å²) < 4.78 is 6.48. The van der Waals surface area contributed by atoms with E-state index < -0.39 is 15.4 Å². The predicted octanol–water partition coefficient (Wildman–Crippen LogP) is 3.24. The Morgan fingerprint density at radius 3 is 2.42 bits per heavy atom. The molecule has 1 heterocycles. The standard InChI is InChI=1S/C14H29NO2Si2/c1-8-12(15-14(16)11(2)3)13-9-10-18(4,5)19(6,7)17-13/h12-13H,2,8-10H2,1,3-7H3,(H,15,16). The topological polar surface area (TPSA) is 38.3 Å². The average molecular weight is 300 g/mol. The zero-order valence-corrected chi connectivity index (χ0v) is 15.3. The maximum Gasteiger partial charge on any atom is 0.246 e. The largest absolute Gasteiger partial charge is 0.415 e. The predicted molar refractivity (Wildman–Crippen MR) is 86.3 cm³/mol. The van der Waals surface area contributed by atoms with Crippen molar-refractivity contribution in [3.8, 4) is 0 Å². The monoisotopic (exact) mass is 299 g/mol. The van der Waals surface area contributed by atoms with Crippen LogP contribution in [-0.2, 0) is 9.22 Å². The lowest BCUT2D eigenvalue weighted by Crippen LogP contribution is -2.64. The van der Waals surface area contributed by atoms with Crippen LogP contribution in [0.1, 0.15) is 26.7 Å². The van der Waals surface area contributed by atoms with Crippen LogP contribution in [0.3, 0.4) is 0 Å².